The monoisotopic (exact) mass is 282 g/mol. The number of thiocarbonyl (C=S) groups is 1. The number of anilines is 1. The summed E-state index contributed by atoms with van der Waals surface area (Å²) < 4.78 is 10.4. The van der Waals surface area contributed by atoms with Crippen LogP contribution in [0.4, 0.5) is 10.5 Å². The number of nitrogens with one attached hydrogen (secondary N) is 1. The van der Waals surface area contributed by atoms with E-state index in [1.165, 1.54) is 7.11 Å². The maximum Gasteiger partial charge on any atom is 0.412 e. The first-order valence-electron chi connectivity index (χ1n) is 5.71. The van der Waals surface area contributed by atoms with Gasteiger partial charge in [-0.1, -0.05) is 18.3 Å². The molecular formula is C13H18N2O3S. The minimum atomic E-state index is -0.588. The number of methoxy groups -OCH3 is 1. The van der Waals surface area contributed by atoms with Crippen molar-refractivity contribution in [2.24, 2.45) is 5.73 Å². The number of carbonyl (C=O) groups excluding carboxylic acids is 1. The SMILES string of the molecule is COc1cccc(C(N)=S)c1NC(=O)OC(C)(C)C. The molecule has 5 nitrogen and oxygen atoms in total. The Hall–Kier alpha value is -1.82. The van der Waals surface area contributed by atoms with Crippen LogP contribution in [-0.2, 0) is 4.74 Å². The molecule has 0 bridgehead atoms. The lowest BCUT2D eigenvalue weighted by atomic mass is 10.1. The van der Waals surface area contributed by atoms with Gasteiger partial charge in [0.25, 0.3) is 0 Å². The Kier molecular flexibility index (Phi) is 4.72. The standard InChI is InChI=1S/C13H18N2O3S/c1-13(2,3)18-12(16)15-10-8(11(14)19)6-5-7-9(10)17-4/h5-7H,1-4H3,(H2,14,19)(H,15,16). The first-order valence-corrected chi connectivity index (χ1v) is 6.12. The number of rotatable bonds is 3. The van der Waals surface area contributed by atoms with E-state index in [2.05, 4.69) is 5.32 Å². The van der Waals surface area contributed by atoms with Gasteiger partial charge in [-0.25, -0.2) is 4.79 Å². The minimum Gasteiger partial charge on any atom is -0.495 e. The van der Waals surface area contributed by atoms with E-state index in [-0.39, 0.29) is 4.99 Å². The van der Waals surface area contributed by atoms with Crippen molar-refractivity contribution < 1.29 is 14.3 Å². The van der Waals surface area contributed by atoms with Crippen molar-refractivity contribution in [2.75, 3.05) is 12.4 Å². The van der Waals surface area contributed by atoms with Gasteiger partial charge in [0, 0.05) is 5.56 Å². The van der Waals surface area contributed by atoms with E-state index in [0.717, 1.165) is 0 Å². The van der Waals surface area contributed by atoms with Gasteiger partial charge in [-0.15, -0.1) is 0 Å². The van der Waals surface area contributed by atoms with Crippen LogP contribution in [0.25, 0.3) is 0 Å². The molecule has 0 aliphatic heterocycles. The molecule has 1 amide bonds. The third-order valence-corrected chi connectivity index (χ3v) is 2.36. The molecule has 0 heterocycles. The molecule has 3 N–H and O–H groups in total. The zero-order valence-corrected chi connectivity index (χ0v) is 12.3. The third kappa shape index (κ3) is 4.40. The average Bonchev–Trinajstić information content (AvgIpc) is 2.26. The number of amides is 1. The lowest BCUT2D eigenvalue weighted by Gasteiger charge is -2.21. The highest BCUT2D eigenvalue weighted by molar-refractivity contribution is 7.80. The predicted octanol–water partition coefficient (Wildman–Crippen LogP) is 2.68. The fourth-order valence-corrected chi connectivity index (χ4v) is 1.61. The second-order valence-corrected chi connectivity index (χ2v) is 5.31. The maximum atomic E-state index is 11.8. The summed E-state index contributed by atoms with van der Waals surface area (Å²) in [6, 6.07) is 5.15. The van der Waals surface area contributed by atoms with Gasteiger partial charge in [-0.05, 0) is 32.9 Å². The molecule has 0 saturated carbocycles. The van der Waals surface area contributed by atoms with Crippen LogP contribution in [0, 0.1) is 0 Å². The van der Waals surface area contributed by atoms with Crippen LogP contribution < -0.4 is 15.8 Å². The molecule has 104 valence electrons. The van der Waals surface area contributed by atoms with Crippen LogP contribution in [0.15, 0.2) is 18.2 Å². The second-order valence-electron chi connectivity index (χ2n) is 4.87. The lowest BCUT2D eigenvalue weighted by Crippen LogP contribution is -2.28. The molecule has 1 aromatic carbocycles. The van der Waals surface area contributed by atoms with Gasteiger partial charge < -0.3 is 15.2 Å². The van der Waals surface area contributed by atoms with Crippen LogP contribution in [0.5, 0.6) is 5.75 Å². The topological polar surface area (TPSA) is 73.6 Å². The zero-order valence-electron chi connectivity index (χ0n) is 11.4. The van der Waals surface area contributed by atoms with Crippen LogP contribution in [-0.4, -0.2) is 23.8 Å². The summed E-state index contributed by atoms with van der Waals surface area (Å²) in [5, 5.41) is 2.61. The lowest BCUT2D eigenvalue weighted by molar-refractivity contribution is 0.0635. The van der Waals surface area contributed by atoms with Gasteiger partial charge in [0.15, 0.2) is 0 Å². The maximum absolute atomic E-state index is 11.8. The van der Waals surface area contributed by atoms with E-state index in [1.54, 1.807) is 39.0 Å². The Morgan fingerprint density at radius 2 is 2.00 bits per heavy atom. The van der Waals surface area contributed by atoms with Gasteiger partial charge >= 0.3 is 6.09 Å². The molecule has 1 rings (SSSR count). The number of hydrogen-bond donors (Lipinski definition) is 2. The Bertz CT molecular complexity index is 495. The Morgan fingerprint density at radius 1 is 1.37 bits per heavy atom. The third-order valence-electron chi connectivity index (χ3n) is 2.14. The molecule has 0 atom stereocenters. The number of hydrogen-bond acceptors (Lipinski definition) is 4. The van der Waals surface area contributed by atoms with Crippen LogP contribution in [0.3, 0.4) is 0 Å². The number of carbonyl (C=O) groups is 1. The van der Waals surface area contributed by atoms with Gasteiger partial charge in [-0.2, -0.15) is 0 Å². The smallest absolute Gasteiger partial charge is 0.412 e. The van der Waals surface area contributed by atoms with Crippen molar-refractivity contribution in [1.82, 2.24) is 0 Å². The molecule has 0 aromatic heterocycles. The number of benzene rings is 1. The molecular weight excluding hydrogens is 264 g/mol. The summed E-state index contributed by atoms with van der Waals surface area (Å²) in [5.74, 6) is 0.469. The van der Waals surface area contributed by atoms with Crippen LogP contribution in [0.1, 0.15) is 26.3 Å². The molecule has 0 unspecified atom stereocenters. The van der Waals surface area contributed by atoms with Crippen LogP contribution in [0.2, 0.25) is 0 Å². The summed E-state index contributed by atoms with van der Waals surface area (Å²) in [4.78, 5) is 12.0. The molecule has 0 fully saturated rings. The summed E-state index contributed by atoms with van der Waals surface area (Å²) in [5.41, 5.74) is 5.97. The first kappa shape index (κ1) is 15.2. The largest absolute Gasteiger partial charge is 0.495 e. The quantitative estimate of drug-likeness (QED) is 0.834. The molecule has 0 radical (unpaired) electrons. The summed E-state index contributed by atoms with van der Waals surface area (Å²) in [7, 11) is 1.50. The summed E-state index contributed by atoms with van der Waals surface area (Å²) in [6.07, 6.45) is -0.588. The van der Waals surface area contributed by atoms with Crippen molar-refractivity contribution in [2.45, 2.75) is 26.4 Å². The molecule has 1 aromatic rings. The van der Waals surface area contributed by atoms with Crippen molar-refractivity contribution in [3.63, 3.8) is 0 Å². The average molecular weight is 282 g/mol. The highest BCUT2D eigenvalue weighted by Crippen LogP contribution is 2.28. The number of ether oxygens (including phenoxy) is 2. The summed E-state index contributed by atoms with van der Waals surface area (Å²) in [6.45, 7) is 5.34. The minimum absolute atomic E-state index is 0.171. The fraction of sp³-hybridized carbons (Fsp3) is 0.385. The van der Waals surface area contributed by atoms with E-state index < -0.39 is 11.7 Å². The molecule has 0 aliphatic rings. The van der Waals surface area contributed by atoms with Crippen molar-refractivity contribution in [3.05, 3.63) is 23.8 Å². The second kappa shape index (κ2) is 5.88. The first-order chi connectivity index (χ1) is 8.74. The highest BCUT2D eigenvalue weighted by Gasteiger charge is 2.19. The van der Waals surface area contributed by atoms with E-state index >= 15 is 0 Å². The van der Waals surface area contributed by atoms with Crippen molar-refractivity contribution in [3.8, 4) is 5.75 Å². The molecule has 0 spiro atoms. The Labute approximate surface area is 118 Å². The molecule has 19 heavy (non-hydrogen) atoms. The summed E-state index contributed by atoms with van der Waals surface area (Å²) >= 11 is 4.95. The zero-order chi connectivity index (χ0) is 14.6. The van der Waals surface area contributed by atoms with E-state index in [4.69, 9.17) is 27.4 Å². The van der Waals surface area contributed by atoms with Gasteiger partial charge in [-0.3, -0.25) is 5.32 Å². The predicted molar refractivity (Wildman–Crippen MR) is 78.7 cm³/mol. The molecule has 0 saturated heterocycles. The fourth-order valence-electron chi connectivity index (χ4n) is 1.44. The Morgan fingerprint density at radius 3 is 2.47 bits per heavy atom. The van der Waals surface area contributed by atoms with Gasteiger partial charge in [0.1, 0.15) is 16.3 Å². The van der Waals surface area contributed by atoms with Crippen molar-refractivity contribution in [1.29, 1.82) is 0 Å². The molecule has 6 heteroatoms. The van der Waals surface area contributed by atoms with Crippen LogP contribution >= 0.6 is 12.2 Å². The number of para-hydroxylation sites is 1. The van der Waals surface area contributed by atoms with E-state index in [9.17, 15) is 4.79 Å². The molecule has 0 aliphatic carbocycles. The van der Waals surface area contributed by atoms with Gasteiger partial charge in [0.05, 0.1) is 12.8 Å². The van der Waals surface area contributed by atoms with E-state index in [0.29, 0.717) is 17.0 Å². The Balaban J connectivity index is 3.05. The highest BCUT2D eigenvalue weighted by atomic mass is 32.1. The normalized spacial score (nSPS) is 10.7. The van der Waals surface area contributed by atoms with Gasteiger partial charge in [0.2, 0.25) is 0 Å². The van der Waals surface area contributed by atoms with E-state index in [1.807, 2.05) is 0 Å². The number of nitrogens with two attached hydrogens (primary N) is 1. The van der Waals surface area contributed by atoms with Crippen molar-refractivity contribution >= 4 is 29.0 Å².